The minimum Gasteiger partial charge on any atom is -0.394 e. The lowest BCUT2D eigenvalue weighted by Crippen LogP contribution is -2.32. The molecule has 1 aliphatic rings. The first-order chi connectivity index (χ1) is 9.67. The van der Waals surface area contributed by atoms with E-state index in [1.165, 1.54) is 29.4 Å². The van der Waals surface area contributed by atoms with Crippen molar-refractivity contribution in [3.8, 4) is 0 Å². The van der Waals surface area contributed by atoms with E-state index in [4.69, 9.17) is 9.84 Å². The van der Waals surface area contributed by atoms with Crippen molar-refractivity contribution in [2.24, 2.45) is 0 Å². The number of thioether (sulfide) groups is 1. The average molecular weight is 314 g/mol. The molecule has 0 aliphatic carbocycles. The van der Waals surface area contributed by atoms with Crippen LogP contribution in [0.3, 0.4) is 0 Å². The highest BCUT2D eigenvalue weighted by Gasteiger charge is 2.44. The van der Waals surface area contributed by atoms with Gasteiger partial charge in [0, 0.05) is 10.8 Å². The standard InChI is InChI=1S/C12H14N2O4S2/c1-19-12-5-3-20-11(7(5)13-4-14-12)10-9(17)8(16)6(2-15)18-10/h3-4,6,8-10,15-17H,2H2,1H3/t6-,8-,9-,10-/m1/s1. The summed E-state index contributed by atoms with van der Waals surface area (Å²) in [5.41, 5.74) is 0.726. The molecule has 1 aliphatic heterocycles. The van der Waals surface area contributed by atoms with E-state index in [-0.39, 0.29) is 6.61 Å². The molecule has 0 amide bonds. The molecule has 0 spiro atoms. The Bertz CT molecular complexity index is 621. The fourth-order valence-corrected chi connectivity index (χ4v) is 4.02. The van der Waals surface area contributed by atoms with Crippen LogP contribution < -0.4 is 0 Å². The van der Waals surface area contributed by atoms with Gasteiger partial charge < -0.3 is 20.1 Å². The van der Waals surface area contributed by atoms with E-state index < -0.39 is 24.4 Å². The second-order valence-corrected chi connectivity index (χ2v) is 6.21. The van der Waals surface area contributed by atoms with E-state index in [1.807, 2.05) is 11.6 Å². The minimum absolute atomic E-state index is 0.330. The molecule has 2 aromatic rings. The number of aliphatic hydroxyl groups is 3. The zero-order chi connectivity index (χ0) is 14.3. The van der Waals surface area contributed by atoms with Crippen LogP contribution in [0.2, 0.25) is 0 Å². The van der Waals surface area contributed by atoms with E-state index >= 15 is 0 Å². The normalized spacial score (nSPS) is 30.2. The van der Waals surface area contributed by atoms with Crippen LogP contribution >= 0.6 is 23.1 Å². The summed E-state index contributed by atoms with van der Waals surface area (Å²) in [5.74, 6) is 0. The molecule has 3 rings (SSSR count). The van der Waals surface area contributed by atoms with Gasteiger partial charge in [0.15, 0.2) is 0 Å². The first-order valence-electron chi connectivity index (χ1n) is 6.06. The first-order valence-corrected chi connectivity index (χ1v) is 8.16. The van der Waals surface area contributed by atoms with Gasteiger partial charge in [0.05, 0.1) is 17.0 Å². The second kappa shape index (κ2) is 5.55. The topological polar surface area (TPSA) is 95.7 Å². The summed E-state index contributed by atoms with van der Waals surface area (Å²) in [6, 6.07) is 0. The Balaban J connectivity index is 2.03. The Morgan fingerprint density at radius 2 is 2.15 bits per heavy atom. The zero-order valence-electron chi connectivity index (χ0n) is 10.6. The van der Waals surface area contributed by atoms with E-state index in [0.29, 0.717) is 0 Å². The van der Waals surface area contributed by atoms with E-state index in [2.05, 4.69) is 9.97 Å². The van der Waals surface area contributed by atoms with E-state index in [9.17, 15) is 10.2 Å². The molecule has 1 fully saturated rings. The van der Waals surface area contributed by atoms with Crippen LogP contribution in [-0.4, -0.2) is 56.5 Å². The molecule has 3 N–H and O–H groups in total. The van der Waals surface area contributed by atoms with Gasteiger partial charge in [-0.25, -0.2) is 9.97 Å². The molecule has 4 atom stereocenters. The van der Waals surface area contributed by atoms with Crippen molar-refractivity contribution in [1.29, 1.82) is 0 Å². The summed E-state index contributed by atoms with van der Waals surface area (Å²) in [6.45, 7) is -0.330. The molecule has 0 radical (unpaired) electrons. The number of thiophene rings is 1. The monoisotopic (exact) mass is 314 g/mol. The van der Waals surface area contributed by atoms with Crippen LogP contribution in [0.5, 0.6) is 0 Å². The summed E-state index contributed by atoms with van der Waals surface area (Å²) in [5, 5.41) is 32.8. The molecule has 2 aromatic heterocycles. The van der Waals surface area contributed by atoms with Crippen LogP contribution in [0.25, 0.3) is 10.9 Å². The summed E-state index contributed by atoms with van der Waals surface area (Å²) in [6.07, 6.45) is -0.189. The number of hydrogen-bond donors (Lipinski definition) is 3. The Morgan fingerprint density at radius 1 is 1.35 bits per heavy atom. The molecule has 3 heterocycles. The maximum atomic E-state index is 10.1. The van der Waals surface area contributed by atoms with Crippen LogP contribution in [0.1, 0.15) is 11.0 Å². The number of fused-ring (bicyclic) bond motifs is 1. The van der Waals surface area contributed by atoms with Crippen LogP contribution in [0.15, 0.2) is 16.7 Å². The third-order valence-corrected chi connectivity index (χ3v) is 5.12. The van der Waals surface area contributed by atoms with Crippen LogP contribution in [0, 0.1) is 0 Å². The third kappa shape index (κ3) is 2.12. The molecule has 1 saturated heterocycles. The quantitative estimate of drug-likeness (QED) is 0.563. The van der Waals surface area contributed by atoms with Crippen LogP contribution in [-0.2, 0) is 4.74 Å². The lowest BCUT2D eigenvalue weighted by atomic mass is 10.1. The maximum Gasteiger partial charge on any atom is 0.123 e. The third-order valence-electron chi connectivity index (χ3n) is 3.38. The first kappa shape index (κ1) is 14.2. The Kier molecular flexibility index (Phi) is 3.93. The van der Waals surface area contributed by atoms with Gasteiger partial charge >= 0.3 is 0 Å². The fourth-order valence-electron chi connectivity index (χ4n) is 2.34. The number of aliphatic hydroxyl groups excluding tert-OH is 3. The number of hydrogen-bond acceptors (Lipinski definition) is 8. The maximum absolute atomic E-state index is 10.1. The largest absolute Gasteiger partial charge is 0.394 e. The molecule has 20 heavy (non-hydrogen) atoms. The van der Waals surface area contributed by atoms with E-state index in [0.717, 1.165) is 20.8 Å². The van der Waals surface area contributed by atoms with Gasteiger partial charge in [-0.3, -0.25) is 0 Å². The van der Waals surface area contributed by atoms with Crippen molar-refractivity contribution in [2.45, 2.75) is 29.4 Å². The van der Waals surface area contributed by atoms with Gasteiger partial charge in [-0.2, -0.15) is 0 Å². The number of rotatable bonds is 3. The fraction of sp³-hybridized carbons (Fsp3) is 0.500. The summed E-state index contributed by atoms with van der Waals surface area (Å²) in [4.78, 5) is 9.20. The average Bonchev–Trinajstić information content (AvgIpc) is 3.01. The molecular formula is C12H14N2O4S2. The predicted octanol–water partition coefficient (Wildman–Crippen LogP) is 0.567. The van der Waals surface area contributed by atoms with Crippen molar-refractivity contribution >= 4 is 34.0 Å². The minimum atomic E-state index is -1.09. The van der Waals surface area contributed by atoms with Crippen molar-refractivity contribution in [3.05, 3.63) is 16.6 Å². The molecule has 6 nitrogen and oxygen atoms in total. The van der Waals surface area contributed by atoms with Crippen molar-refractivity contribution < 1.29 is 20.1 Å². The Morgan fingerprint density at radius 3 is 2.80 bits per heavy atom. The highest BCUT2D eigenvalue weighted by atomic mass is 32.2. The molecule has 0 bridgehead atoms. The summed E-state index contributed by atoms with van der Waals surface area (Å²) >= 11 is 2.94. The summed E-state index contributed by atoms with van der Waals surface area (Å²) in [7, 11) is 0. The number of aromatic nitrogens is 2. The lowest BCUT2D eigenvalue weighted by molar-refractivity contribution is -0.0214. The van der Waals surface area contributed by atoms with Gasteiger partial charge in [0.25, 0.3) is 0 Å². The molecule has 0 unspecified atom stereocenters. The Labute approximate surface area is 123 Å². The molecule has 8 heteroatoms. The van der Waals surface area contributed by atoms with Gasteiger partial charge in [-0.05, 0) is 6.26 Å². The highest BCUT2D eigenvalue weighted by Crippen LogP contribution is 2.41. The van der Waals surface area contributed by atoms with Crippen molar-refractivity contribution in [1.82, 2.24) is 9.97 Å². The second-order valence-electron chi connectivity index (χ2n) is 4.50. The number of nitrogens with zero attached hydrogens (tertiary/aromatic N) is 2. The number of ether oxygens (including phenoxy) is 1. The lowest BCUT2D eigenvalue weighted by Gasteiger charge is -2.13. The SMILES string of the molecule is CSc1ncnc2c([C@@H]3O[C@H](CO)[C@@H](O)[C@H]3O)scc12. The van der Waals surface area contributed by atoms with Gasteiger partial charge in [-0.1, -0.05) is 0 Å². The molecular weight excluding hydrogens is 300 g/mol. The van der Waals surface area contributed by atoms with Gasteiger partial charge in [0.2, 0.25) is 0 Å². The van der Waals surface area contributed by atoms with Gasteiger partial charge in [0.1, 0.15) is 35.8 Å². The molecule has 0 saturated carbocycles. The smallest absolute Gasteiger partial charge is 0.123 e. The van der Waals surface area contributed by atoms with Crippen molar-refractivity contribution in [3.63, 3.8) is 0 Å². The Hall–Kier alpha value is -0.770. The van der Waals surface area contributed by atoms with Gasteiger partial charge in [-0.15, -0.1) is 23.1 Å². The highest BCUT2D eigenvalue weighted by molar-refractivity contribution is 7.98. The van der Waals surface area contributed by atoms with E-state index in [1.54, 1.807) is 0 Å². The molecule has 0 aromatic carbocycles. The summed E-state index contributed by atoms with van der Waals surface area (Å²) < 4.78 is 5.55. The van der Waals surface area contributed by atoms with Crippen LogP contribution in [0.4, 0.5) is 0 Å². The zero-order valence-corrected chi connectivity index (χ0v) is 12.3. The van der Waals surface area contributed by atoms with Crippen molar-refractivity contribution in [2.75, 3.05) is 12.9 Å². The predicted molar refractivity (Wildman–Crippen MR) is 75.9 cm³/mol. The molecule has 108 valence electrons.